The number of carboxylic acids is 1. The lowest BCUT2D eigenvalue weighted by Gasteiger charge is -2.06. The summed E-state index contributed by atoms with van der Waals surface area (Å²) >= 11 is 1.62. The molecule has 0 atom stereocenters. The van der Waals surface area contributed by atoms with Crippen LogP contribution in [0.15, 0.2) is 23.1 Å². The number of rotatable bonds is 7. The quantitative estimate of drug-likeness (QED) is 0.783. The second-order valence-corrected chi connectivity index (χ2v) is 7.29. The second kappa shape index (κ2) is 6.91. The number of aromatic carboxylic acids is 1. The lowest BCUT2D eigenvalue weighted by atomic mass is 10.2. The van der Waals surface area contributed by atoms with Crippen LogP contribution in [0.25, 0.3) is 0 Å². The normalized spacial score (nSPS) is 11.5. The van der Waals surface area contributed by atoms with Gasteiger partial charge >= 0.3 is 5.97 Å². The van der Waals surface area contributed by atoms with Crippen molar-refractivity contribution >= 4 is 27.6 Å². The van der Waals surface area contributed by atoms with Crippen molar-refractivity contribution in [2.24, 2.45) is 0 Å². The molecule has 0 bridgehead atoms. The Morgan fingerprint density at radius 1 is 1.42 bits per heavy atom. The maximum Gasteiger partial charge on any atom is 0.335 e. The average Bonchev–Trinajstić information content (AvgIpc) is 2.34. The Labute approximate surface area is 115 Å². The van der Waals surface area contributed by atoms with Gasteiger partial charge in [0, 0.05) is 0 Å². The second-order valence-electron chi connectivity index (χ2n) is 3.82. The van der Waals surface area contributed by atoms with Gasteiger partial charge in [-0.25, -0.2) is 17.6 Å². The van der Waals surface area contributed by atoms with Crippen LogP contribution in [0.5, 0.6) is 0 Å². The number of benzene rings is 1. The molecule has 1 aromatic carbocycles. The van der Waals surface area contributed by atoms with Crippen molar-refractivity contribution < 1.29 is 22.7 Å². The monoisotopic (exact) mass is 306 g/mol. The van der Waals surface area contributed by atoms with Crippen LogP contribution in [-0.2, 0) is 9.84 Å². The van der Waals surface area contributed by atoms with E-state index >= 15 is 0 Å². The van der Waals surface area contributed by atoms with Gasteiger partial charge in [-0.2, -0.15) is 11.8 Å². The highest BCUT2D eigenvalue weighted by molar-refractivity contribution is 7.99. The third-order valence-corrected chi connectivity index (χ3v) is 5.23. The summed E-state index contributed by atoms with van der Waals surface area (Å²) in [6.45, 7) is 1.98. The fourth-order valence-electron chi connectivity index (χ4n) is 1.49. The van der Waals surface area contributed by atoms with Crippen molar-refractivity contribution in [2.75, 3.05) is 17.3 Å². The Hall–Kier alpha value is -1.08. The molecule has 1 aromatic rings. The van der Waals surface area contributed by atoms with Crippen LogP contribution in [-0.4, -0.2) is 36.8 Å². The van der Waals surface area contributed by atoms with E-state index in [1.54, 1.807) is 11.8 Å². The highest BCUT2D eigenvalue weighted by Gasteiger charge is 2.20. The first-order valence-corrected chi connectivity index (χ1v) is 8.52. The molecule has 106 valence electrons. The van der Waals surface area contributed by atoms with Crippen molar-refractivity contribution in [3.63, 3.8) is 0 Å². The van der Waals surface area contributed by atoms with Gasteiger partial charge in [-0.3, -0.25) is 0 Å². The van der Waals surface area contributed by atoms with E-state index in [9.17, 15) is 17.6 Å². The fraction of sp³-hybridized carbons (Fsp3) is 0.417. The summed E-state index contributed by atoms with van der Waals surface area (Å²) in [6, 6.07) is 2.84. The number of carboxylic acid groups (broad SMARTS) is 1. The molecule has 19 heavy (non-hydrogen) atoms. The van der Waals surface area contributed by atoms with Crippen molar-refractivity contribution in [3.8, 4) is 0 Å². The van der Waals surface area contributed by atoms with E-state index < -0.39 is 26.5 Å². The summed E-state index contributed by atoms with van der Waals surface area (Å²) in [7, 11) is -3.70. The zero-order chi connectivity index (χ0) is 14.5. The molecule has 7 heteroatoms. The molecule has 0 saturated carbocycles. The zero-order valence-corrected chi connectivity index (χ0v) is 12.1. The standard InChI is InChI=1S/C12H15FO4S2/c1-2-18-6-3-7-19(16,17)11-5-4-9(12(14)15)8-10(11)13/h4-5,8H,2-3,6-7H2,1H3,(H,14,15). The molecular weight excluding hydrogens is 291 g/mol. The van der Waals surface area contributed by atoms with Gasteiger partial charge in [0.15, 0.2) is 9.84 Å². The molecule has 0 aromatic heterocycles. The lowest BCUT2D eigenvalue weighted by Crippen LogP contribution is -2.11. The summed E-state index contributed by atoms with van der Waals surface area (Å²) < 4.78 is 37.4. The number of thioether (sulfide) groups is 1. The summed E-state index contributed by atoms with van der Waals surface area (Å²) in [5, 5.41) is 8.68. The Kier molecular flexibility index (Phi) is 5.81. The molecule has 0 amide bonds. The van der Waals surface area contributed by atoms with E-state index in [4.69, 9.17) is 5.11 Å². The van der Waals surface area contributed by atoms with Crippen molar-refractivity contribution in [2.45, 2.75) is 18.2 Å². The molecule has 4 nitrogen and oxygen atoms in total. The minimum Gasteiger partial charge on any atom is -0.478 e. The van der Waals surface area contributed by atoms with Gasteiger partial charge < -0.3 is 5.11 Å². The van der Waals surface area contributed by atoms with Crippen LogP contribution >= 0.6 is 11.8 Å². The Morgan fingerprint density at radius 2 is 2.11 bits per heavy atom. The SMILES string of the molecule is CCSCCCS(=O)(=O)c1ccc(C(=O)O)cc1F. The van der Waals surface area contributed by atoms with Gasteiger partial charge in [0.25, 0.3) is 0 Å². The van der Waals surface area contributed by atoms with Gasteiger partial charge in [0.2, 0.25) is 0 Å². The van der Waals surface area contributed by atoms with Gasteiger partial charge in [-0.1, -0.05) is 6.92 Å². The predicted molar refractivity (Wildman–Crippen MR) is 73.0 cm³/mol. The fourth-order valence-corrected chi connectivity index (χ4v) is 3.69. The maximum atomic E-state index is 13.6. The number of carbonyl (C=O) groups is 1. The molecule has 1 rings (SSSR count). The Morgan fingerprint density at radius 3 is 2.63 bits per heavy atom. The highest BCUT2D eigenvalue weighted by atomic mass is 32.2. The summed E-state index contributed by atoms with van der Waals surface area (Å²) in [5.74, 6) is -0.833. The molecule has 0 spiro atoms. The first-order valence-electron chi connectivity index (χ1n) is 5.72. The van der Waals surface area contributed by atoms with Crippen molar-refractivity contribution in [1.29, 1.82) is 0 Å². The first-order chi connectivity index (χ1) is 8.88. The lowest BCUT2D eigenvalue weighted by molar-refractivity contribution is 0.0696. The van der Waals surface area contributed by atoms with E-state index in [1.807, 2.05) is 6.92 Å². The molecule has 0 aliphatic heterocycles. The van der Waals surface area contributed by atoms with E-state index in [0.717, 1.165) is 24.0 Å². The van der Waals surface area contributed by atoms with Gasteiger partial charge in [0.1, 0.15) is 10.7 Å². The highest BCUT2D eigenvalue weighted by Crippen LogP contribution is 2.19. The van der Waals surface area contributed by atoms with Crippen LogP contribution in [0.1, 0.15) is 23.7 Å². The average molecular weight is 306 g/mol. The summed E-state index contributed by atoms with van der Waals surface area (Å²) in [6.07, 6.45) is 0.445. The maximum absolute atomic E-state index is 13.6. The Bertz CT molecular complexity index is 555. The topological polar surface area (TPSA) is 71.4 Å². The van der Waals surface area contributed by atoms with Crippen LogP contribution < -0.4 is 0 Å². The van der Waals surface area contributed by atoms with E-state index in [-0.39, 0.29) is 11.3 Å². The molecule has 0 saturated heterocycles. The molecular formula is C12H15FO4S2. The van der Waals surface area contributed by atoms with E-state index in [0.29, 0.717) is 12.2 Å². The molecule has 0 fully saturated rings. The molecule has 0 aliphatic carbocycles. The van der Waals surface area contributed by atoms with Gasteiger partial charge in [-0.05, 0) is 36.1 Å². The van der Waals surface area contributed by atoms with Gasteiger partial charge in [0.05, 0.1) is 11.3 Å². The predicted octanol–water partition coefficient (Wildman–Crippen LogP) is 2.44. The van der Waals surface area contributed by atoms with Crippen molar-refractivity contribution in [3.05, 3.63) is 29.6 Å². The summed E-state index contributed by atoms with van der Waals surface area (Å²) in [5.41, 5.74) is -0.266. The van der Waals surface area contributed by atoms with Crippen molar-refractivity contribution in [1.82, 2.24) is 0 Å². The third-order valence-electron chi connectivity index (χ3n) is 2.42. The minimum atomic E-state index is -3.70. The molecule has 0 radical (unpaired) electrons. The molecule has 0 heterocycles. The molecule has 0 aliphatic rings. The van der Waals surface area contributed by atoms with Crippen LogP contribution in [0.4, 0.5) is 4.39 Å². The Balaban J connectivity index is 2.87. The minimum absolute atomic E-state index is 0.136. The molecule has 0 unspecified atom stereocenters. The van der Waals surface area contributed by atoms with E-state index in [2.05, 4.69) is 0 Å². The van der Waals surface area contributed by atoms with Crippen LogP contribution in [0, 0.1) is 5.82 Å². The smallest absolute Gasteiger partial charge is 0.335 e. The van der Waals surface area contributed by atoms with Crippen LogP contribution in [0.2, 0.25) is 0 Å². The van der Waals surface area contributed by atoms with Gasteiger partial charge in [-0.15, -0.1) is 0 Å². The van der Waals surface area contributed by atoms with Crippen LogP contribution in [0.3, 0.4) is 0 Å². The number of hydrogen-bond donors (Lipinski definition) is 1. The first kappa shape index (κ1) is 16.0. The number of halogens is 1. The zero-order valence-electron chi connectivity index (χ0n) is 10.4. The number of hydrogen-bond acceptors (Lipinski definition) is 4. The molecule has 1 N–H and O–H groups in total. The third kappa shape index (κ3) is 4.50. The van der Waals surface area contributed by atoms with E-state index in [1.165, 1.54) is 0 Å². The summed E-state index contributed by atoms with van der Waals surface area (Å²) in [4.78, 5) is 10.2. The largest absolute Gasteiger partial charge is 0.478 e. The number of sulfone groups is 1.